The van der Waals surface area contributed by atoms with Crippen LogP contribution in [0, 0.1) is 0 Å². The number of carboxylic acid groups (broad SMARTS) is 1. The molecule has 0 fully saturated rings. The summed E-state index contributed by atoms with van der Waals surface area (Å²) in [4.78, 5) is 21.7. The Labute approximate surface area is 92.4 Å². The van der Waals surface area contributed by atoms with Crippen LogP contribution >= 0.6 is 15.9 Å². The first kappa shape index (κ1) is 11.7. The fourth-order valence-electron chi connectivity index (χ4n) is 0.837. The molecule has 82 valence electrons. The van der Waals surface area contributed by atoms with Crippen molar-refractivity contribution in [2.75, 3.05) is 6.67 Å². The lowest BCUT2D eigenvalue weighted by Gasteiger charge is -2.08. The first-order valence-electron chi connectivity index (χ1n) is 3.88. The Morgan fingerprint density at radius 2 is 2.33 bits per heavy atom. The second kappa shape index (κ2) is 4.92. The number of nitrogens with one attached hydrogen (secondary N) is 1. The predicted molar refractivity (Wildman–Crippen MR) is 51.3 cm³/mol. The lowest BCUT2D eigenvalue weighted by molar-refractivity contribution is -0.139. The highest BCUT2D eigenvalue weighted by molar-refractivity contribution is 9.10. The molecule has 0 saturated carbocycles. The molecule has 7 heteroatoms. The molecular formula is C8H7BrFNO4. The van der Waals surface area contributed by atoms with Gasteiger partial charge in [-0.05, 0) is 15.9 Å². The molecule has 0 spiro atoms. The number of amides is 1. The second-order valence-corrected chi connectivity index (χ2v) is 3.44. The van der Waals surface area contributed by atoms with Crippen molar-refractivity contribution < 1.29 is 23.5 Å². The third-order valence-electron chi connectivity index (χ3n) is 1.59. The van der Waals surface area contributed by atoms with Crippen LogP contribution in [-0.2, 0) is 4.79 Å². The van der Waals surface area contributed by atoms with Crippen LogP contribution in [0.25, 0.3) is 0 Å². The summed E-state index contributed by atoms with van der Waals surface area (Å²) in [5, 5.41) is 10.5. The molecule has 0 radical (unpaired) electrons. The van der Waals surface area contributed by atoms with Crippen molar-refractivity contribution in [1.82, 2.24) is 5.32 Å². The van der Waals surface area contributed by atoms with E-state index in [2.05, 4.69) is 15.9 Å². The first-order chi connectivity index (χ1) is 7.04. The van der Waals surface area contributed by atoms with Gasteiger partial charge in [-0.1, -0.05) is 0 Å². The van der Waals surface area contributed by atoms with Crippen molar-refractivity contribution in [2.45, 2.75) is 6.04 Å². The van der Waals surface area contributed by atoms with E-state index in [4.69, 9.17) is 9.52 Å². The maximum Gasteiger partial charge on any atom is 0.328 e. The molecule has 2 N–H and O–H groups in total. The minimum Gasteiger partial charge on any atom is -0.480 e. The van der Waals surface area contributed by atoms with Gasteiger partial charge in [0.2, 0.25) is 0 Å². The van der Waals surface area contributed by atoms with E-state index in [0.717, 1.165) is 6.26 Å². The van der Waals surface area contributed by atoms with Gasteiger partial charge in [0.1, 0.15) is 12.9 Å². The number of carboxylic acids is 1. The molecule has 1 rings (SSSR count). The van der Waals surface area contributed by atoms with Crippen LogP contribution in [0.4, 0.5) is 4.39 Å². The molecule has 0 aromatic carbocycles. The van der Waals surface area contributed by atoms with Gasteiger partial charge in [0.25, 0.3) is 5.91 Å². The molecule has 0 saturated heterocycles. The number of hydrogen-bond donors (Lipinski definition) is 2. The Bertz CT molecular complexity index is 378. The van der Waals surface area contributed by atoms with Gasteiger partial charge in [-0.15, -0.1) is 0 Å². The number of hydrogen-bond acceptors (Lipinski definition) is 3. The van der Waals surface area contributed by atoms with Gasteiger partial charge in [-0.2, -0.15) is 0 Å². The number of rotatable bonds is 4. The standard InChI is InChI=1S/C8H7BrFNO4/c9-6-1-4(3-15-6)7(12)11-5(2-10)8(13)14/h1,3,5H,2H2,(H,11,12)(H,13,14). The number of furan rings is 1. The van der Waals surface area contributed by atoms with Crippen molar-refractivity contribution >= 4 is 27.8 Å². The predicted octanol–water partition coefficient (Wildman–Crippen LogP) is 1.19. The average Bonchev–Trinajstić information content (AvgIpc) is 2.60. The van der Waals surface area contributed by atoms with Gasteiger partial charge in [-0.3, -0.25) is 4.79 Å². The van der Waals surface area contributed by atoms with Gasteiger partial charge >= 0.3 is 5.97 Å². The number of carbonyl (C=O) groups excluding carboxylic acids is 1. The van der Waals surface area contributed by atoms with Crippen LogP contribution in [0.3, 0.4) is 0 Å². The molecule has 1 aromatic rings. The normalized spacial score (nSPS) is 12.1. The van der Waals surface area contributed by atoms with Crippen molar-refractivity contribution in [2.24, 2.45) is 0 Å². The molecule has 1 atom stereocenters. The first-order valence-corrected chi connectivity index (χ1v) is 4.67. The molecule has 15 heavy (non-hydrogen) atoms. The summed E-state index contributed by atoms with van der Waals surface area (Å²) in [6, 6.07) is -0.182. The van der Waals surface area contributed by atoms with E-state index in [9.17, 15) is 14.0 Å². The van der Waals surface area contributed by atoms with E-state index in [1.54, 1.807) is 0 Å². The Kier molecular flexibility index (Phi) is 3.84. The summed E-state index contributed by atoms with van der Waals surface area (Å²) in [5.74, 6) is -2.12. The summed E-state index contributed by atoms with van der Waals surface area (Å²) in [7, 11) is 0. The lowest BCUT2D eigenvalue weighted by Crippen LogP contribution is -2.42. The SMILES string of the molecule is O=C(NC(CF)C(=O)O)c1coc(Br)c1. The fraction of sp³-hybridized carbons (Fsp3) is 0.250. The zero-order chi connectivity index (χ0) is 11.4. The number of aliphatic carboxylic acids is 1. The van der Waals surface area contributed by atoms with Gasteiger partial charge in [0.05, 0.1) is 5.56 Å². The molecule has 1 unspecified atom stereocenters. The fourth-order valence-corrected chi connectivity index (χ4v) is 1.18. The minimum atomic E-state index is -1.54. The zero-order valence-corrected chi connectivity index (χ0v) is 8.95. The van der Waals surface area contributed by atoms with Crippen LogP contribution in [0.5, 0.6) is 0 Å². The molecule has 1 amide bonds. The second-order valence-electron chi connectivity index (χ2n) is 2.66. The van der Waals surface area contributed by atoms with E-state index in [-0.39, 0.29) is 5.56 Å². The molecule has 0 aliphatic heterocycles. The topological polar surface area (TPSA) is 79.5 Å². The molecule has 1 heterocycles. The van der Waals surface area contributed by atoms with Crippen LogP contribution in [-0.4, -0.2) is 29.7 Å². The summed E-state index contributed by atoms with van der Waals surface area (Å²) in [6.07, 6.45) is 1.14. The lowest BCUT2D eigenvalue weighted by atomic mass is 10.2. The van der Waals surface area contributed by atoms with E-state index < -0.39 is 24.6 Å². The van der Waals surface area contributed by atoms with Gasteiger partial charge in [0, 0.05) is 6.07 Å². The van der Waals surface area contributed by atoms with Crippen molar-refractivity contribution in [1.29, 1.82) is 0 Å². The van der Waals surface area contributed by atoms with E-state index in [0.29, 0.717) is 4.67 Å². The van der Waals surface area contributed by atoms with Crippen LogP contribution in [0.1, 0.15) is 10.4 Å². The average molecular weight is 280 g/mol. The van der Waals surface area contributed by atoms with Crippen LogP contribution in [0.2, 0.25) is 0 Å². The Balaban J connectivity index is 2.66. The zero-order valence-electron chi connectivity index (χ0n) is 7.37. The molecule has 5 nitrogen and oxygen atoms in total. The smallest absolute Gasteiger partial charge is 0.328 e. The molecular weight excluding hydrogens is 273 g/mol. The highest BCUT2D eigenvalue weighted by atomic mass is 79.9. The van der Waals surface area contributed by atoms with Crippen molar-refractivity contribution in [3.05, 3.63) is 22.6 Å². The summed E-state index contributed by atoms with van der Waals surface area (Å²) in [5.41, 5.74) is 0.126. The number of alkyl halides is 1. The maximum absolute atomic E-state index is 12.2. The Morgan fingerprint density at radius 3 is 2.73 bits per heavy atom. The van der Waals surface area contributed by atoms with Crippen LogP contribution < -0.4 is 5.32 Å². The van der Waals surface area contributed by atoms with E-state index in [1.807, 2.05) is 5.32 Å². The third-order valence-corrected chi connectivity index (χ3v) is 2.00. The van der Waals surface area contributed by atoms with E-state index >= 15 is 0 Å². The third kappa shape index (κ3) is 3.05. The van der Waals surface area contributed by atoms with E-state index in [1.165, 1.54) is 6.07 Å². The minimum absolute atomic E-state index is 0.126. The quantitative estimate of drug-likeness (QED) is 0.868. The van der Waals surface area contributed by atoms with Crippen molar-refractivity contribution in [3.8, 4) is 0 Å². The number of carbonyl (C=O) groups is 2. The number of halogens is 2. The monoisotopic (exact) mass is 279 g/mol. The highest BCUT2D eigenvalue weighted by Crippen LogP contribution is 2.13. The largest absolute Gasteiger partial charge is 0.480 e. The summed E-state index contributed by atoms with van der Waals surface area (Å²) in [6.45, 7) is -1.17. The molecule has 0 aliphatic rings. The van der Waals surface area contributed by atoms with Gasteiger partial charge < -0.3 is 14.8 Å². The Hall–Kier alpha value is -1.37. The summed E-state index contributed by atoms with van der Waals surface area (Å²) >= 11 is 2.98. The Morgan fingerprint density at radius 1 is 1.67 bits per heavy atom. The van der Waals surface area contributed by atoms with Gasteiger partial charge in [0.15, 0.2) is 10.7 Å². The van der Waals surface area contributed by atoms with Crippen LogP contribution in [0.15, 0.2) is 21.4 Å². The molecule has 0 aliphatic carbocycles. The molecule has 0 bridgehead atoms. The van der Waals surface area contributed by atoms with Gasteiger partial charge in [-0.25, -0.2) is 9.18 Å². The maximum atomic E-state index is 12.2. The molecule has 1 aromatic heterocycles. The summed E-state index contributed by atoms with van der Waals surface area (Å²) < 4.78 is 17.3. The highest BCUT2D eigenvalue weighted by Gasteiger charge is 2.21. The van der Waals surface area contributed by atoms with Crippen molar-refractivity contribution in [3.63, 3.8) is 0 Å².